The van der Waals surface area contributed by atoms with E-state index in [1.165, 1.54) is 5.56 Å². The fraction of sp³-hybridized carbons (Fsp3) is 0.579. The summed E-state index contributed by atoms with van der Waals surface area (Å²) in [5.41, 5.74) is 0.996. The van der Waals surface area contributed by atoms with Gasteiger partial charge in [-0.2, -0.15) is 0 Å². The van der Waals surface area contributed by atoms with E-state index in [1.807, 2.05) is 23.1 Å². The molecule has 3 rings (SSSR count). The number of nitrogens with zero attached hydrogens (tertiary/aromatic N) is 2. The van der Waals surface area contributed by atoms with Crippen LogP contribution < -0.4 is 0 Å². The number of hydrogen-bond acceptors (Lipinski definition) is 4. The van der Waals surface area contributed by atoms with Crippen LogP contribution in [-0.4, -0.2) is 40.0 Å². The summed E-state index contributed by atoms with van der Waals surface area (Å²) in [4.78, 5) is 19.5. The number of amidine groups is 1. The molecule has 2 aliphatic heterocycles. The molecule has 1 aromatic carbocycles. The van der Waals surface area contributed by atoms with Gasteiger partial charge in [-0.05, 0) is 38.7 Å². The van der Waals surface area contributed by atoms with E-state index in [0.29, 0.717) is 13.0 Å². The largest absolute Gasteiger partial charge is 0.378 e. The Morgan fingerprint density at radius 3 is 2.88 bits per heavy atom. The minimum atomic E-state index is -0.173. The summed E-state index contributed by atoms with van der Waals surface area (Å²) in [6.07, 6.45) is 3.83. The van der Waals surface area contributed by atoms with E-state index in [4.69, 9.17) is 9.73 Å². The van der Waals surface area contributed by atoms with Gasteiger partial charge in [-0.25, -0.2) is 0 Å². The first-order valence-corrected chi connectivity index (χ1v) is 9.71. The van der Waals surface area contributed by atoms with Crippen LogP contribution in [-0.2, 0) is 16.1 Å². The summed E-state index contributed by atoms with van der Waals surface area (Å²) >= 11 is 1.69. The highest BCUT2D eigenvalue weighted by Gasteiger charge is 2.41. The zero-order valence-corrected chi connectivity index (χ0v) is 15.3. The molecule has 0 spiro atoms. The highest BCUT2D eigenvalue weighted by atomic mass is 32.2. The Kier molecular flexibility index (Phi) is 5.61. The maximum absolute atomic E-state index is 12.8. The molecule has 1 unspecified atom stereocenters. The fourth-order valence-corrected chi connectivity index (χ4v) is 4.45. The normalized spacial score (nSPS) is 24.7. The van der Waals surface area contributed by atoms with E-state index in [2.05, 4.69) is 26.0 Å². The summed E-state index contributed by atoms with van der Waals surface area (Å²) in [7, 11) is 0. The lowest BCUT2D eigenvalue weighted by molar-refractivity contribution is -0.130. The molecule has 1 aromatic rings. The molecule has 0 aromatic heterocycles. The highest BCUT2D eigenvalue weighted by Crippen LogP contribution is 2.34. The van der Waals surface area contributed by atoms with Gasteiger partial charge in [0.1, 0.15) is 0 Å². The van der Waals surface area contributed by atoms with Gasteiger partial charge in [0.15, 0.2) is 5.17 Å². The van der Waals surface area contributed by atoms with Gasteiger partial charge in [0.05, 0.1) is 18.2 Å². The Morgan fingerprint density at radius 2 is 2.17 bits per heavy atom. The lowest BCUT2D eigenvalue weighted by Gasteiger charge is -2.30. The average molecular weight is 346 g/mol. The van der Waals surface area contributed by atoms with Crippen molar-refractivity contribution in [3.8, 4) is 0 Å². The molecule has 0 saturated carbocycles. The first-order valence-electron chi connectivity index (χ1n) is 8.72. The molecule has 1 amide bonds. The second-order valence-electron chi connectivity index (χ2n) is 7.09. The van der Waals surface area contributed by atoms with Crippen molar-refractivity contribution in [1.29, 1.82) is 0 Å². The predicted molar refractivity (Wildman–Crippen MR) is 99.2 cm³/mol. The number of carbonyl (C=O) groups is 1. The number of thioether (sulfide) groups is 1. The van der Waals surface area contributed by atoms with E-state index in [-0.39, 0.29) is 17.6 Å². The maximum Gasteiger partial charge on any atom is 0.229 e. The summed E-state index contributed by atoms with van der Waals surface area (Å²) in [6.45, 7) is 5.70. The van der Waals surface area contributed by atoms with E-state index >= 15 is 0 Å². The first-order chi connectivity index (χ1) is 11.6. The van der Waals surface area contributed by atoms with Crippen molar-refractivity contribution >= 4 is 22.8 Å². The van der Waals surface area contributed by atoms with Gasteiger partial charge in [-0.3, -0.25) is 14.7 Å². The molecule has 2 saturated heterocycles. The van der Waals surface area contributed by atoms with Crippen molar-refractivity contribution in [3.63, 3.8) is 0 Å². The van der Waals surface area contributed by atoms with Gasteiger partial charge in [-0.15, -0.1) is 0 Å². The smallest absolute Gasteiger partial charge is 0.229 e. The third-order valence-electron chi connectivity index (χ3n) is 4.54. The Labute approximate surface area is 148 Å². The molecule has 0 bridgehead atoms. The maximum atomic E-state index is 12.8. The van der Waals surface area contributed by atoms with Crippen LogP contribution in [0.25, 0.3) is 0 Å². The molecule has 2 heterocycles. The summed E-state index contributed by atoms with van der Waals surface area (Å²) in [6, 6.07) is 10.2. The van der Waals surface area contributed by atoms with E-state index in [0.717, 1.165) is 36.8 Å². The summed E-state index contributed by atoms with van der Waals surface area (Å²) < 4.78 is 5.64. The molecule has 2 aliphatic rings. The molecule has 5 heteroatoms. The van der Waals surface area contributed by atoms with Crippen molar-refractivity contribution in [2.24, 2.45) is 4.99 Å². The summed E-state index contributed by atoms with van der Waals surface area (Å²) in [5.74, 6) is 1.07. The number of benzene rings is 1. The van der Waals surface area contributed by atoms with Gasteiger partial charge in [-0.1, -0.05) is 42.1 Å². The minimum Gasteiger partial charge on any atom is -0.378 e. The standard InChI is InChI=1S/C19H26N2O2S/c1-19(2)14-24-18(20-13-15-7-4-3-5-8-15)21(19)17(22)11-10-16-9-6-12-23-16/h3-5,7-8,16H,6,9-14H2,1-2H3. The van der Waals surface area contributed by atoms with Crippen molar-refractivity contribution < 1.29 is 9.53 Å². The molecule has 2 fully saturated rings. The van der Waals surface area contributed by atoms with Crippen LogP contribution in [0, 0.1) is 0 Å². The Hall–Kier alpha value is -1.33. The summed E-state index contributed by atoms with van der Waals surface area (Å²) in [5, 5.41) is 0.862. The van der Waals surface area contributed by atoms with Gasteiger partial charge in [0, 0.05) is 18.8 Å². The number of ether oxygens (including phenoxy) is 1. The predicted octanol–water partition coefficient (Wildman–Crippen LogP) is 3.86. The quantitative estimate of drug-likeness (QED) is 0.813. The average Bonchev–Trinajstić information content (AvgIpc) is 3.19. The minimum absolute atomic E-state index is 0.173. The second kappa shape index (κ2) is 7.70. The van der Waals surface area contributed by atoms with Crippen molar-refractivity contribution in [2.75, 3.05) is 12.4 Å². The zero-order chi connectivity index (χ0) is 17.0. The molecular weight excluding hydrogens is 320 g/mol. The molecule has 130 valence electrons. The Balaban J connectivity index is 1.65. The third-order valence-corrected chi connectivity index (χ3v) is 5.97. The van der Waals surface area contributed by atoms with Gasteiger partial charge < -0.3 is 4.74 Å². The zero-order valence-electron chi connectivity index (χ0n) is 14.5. The molecule has 0 N–H and O–H groups in total. The number of aliphatic imine (C=N–C) groups is 1. The lowest BCUT2D eigenvalue weighted by Crippen LogP contribution is -2.46. The third kappa shape index (κ3) is 4.19. The fourth-order valence-electron chi connectivity index (χ4n) is 3.20. The van der Waals surface area contributed by atoms with Crippen molar-refractivity contribution in [1.82, 2.24) is 4.90 Å². The van der Waals surface area contributed by atoms with E-state index < -0.39 is 0 Å². The van der Waals surface area contributed by atoms with Gasteiger partial charge in [0.25, 0.3) is 0 Å². The van der Waals surface area contributed by atoms with Crippen LogP contribution >= 0.6 is 11.8 Å². The van der Waals surface area contributed by atoms with Crippen LogP contribution in [0.3, 0.4) is 0 Å². The van der Waals surface area contributed by atoms with Crippen LogP contribution in [0.15, 0.2) is 35.3 Å². The number of hydrogen-bond donors (Lipinski definition) is 0. The first kappa shape index (κ1) is 17.5. The molecule has 0 aliphatic carbocycles. The molecular formula is C19H26N2O2S. The number of carbonyl (C=O) groups excluding carboxylic acids is 1. The highest BCUT2D eigenvalue weighted by molar-refractivity contribution is 8.14. The molecule has 24 heavy (non-hydrogen) atoms. The van der Waals surface area contributed by atoms with Crippen LogP contribution in [0.2, 0.25) is 0 Å². The lowest BCUT2D eigenvalue weighted by atomic mass is 10.0. The molecule has 0 radical (unpaired) electrons. The van der Waals surface area contributed by atoms with E-state index in [9.17, 15) is 4.79 Å². The van der Waals surface area contributed by atoms with Crippen LogP contribution in [0.4, 0.5) is 0 Å². The van der Waals surface area contributed by atoms with Crippen LogP contribution in [0.5, 0.6) is 0 Å². The topological polar surface area (TPSA) is 41.9 Å². The second-order valence-corrected chi connectivity index (χ2v) is 8.03. The Morgan fingerprint density at radius 1 is 1.38 bits per heavy atom. The van der Waals surface area contributed by atoms with Crippen molar-refractivity contribution in [2.45, 2.75) is 57.7 Å². The molecule has 1 atom stereocenters. The van der Waals surface area contributed by atoms with Crippen molar-refractivity contribution in [3.05, 3.63) is 35.9 Å². The van der Waals surface area contributed by atoms with Crippen LogP contribution in [0.1, 0.15) is 45.1 Å². The van der Waals surface area contributed by atoms with Gasteiger partial charge in [0.2, 0.25) is 5.91 Å². The molecule has 4 nitrogen and oxygen atoms in total. The number of amides is 1. The number of rotatable bonds is 5. The van der Waals surface area contributed by atoms with Gasteiger partial charge >= 0.3 is 0 Å². The van der Waals surface area contributed by atoms with E-state index in [1.54, 1.807) is 11.8 Å². The SMILES string of the molecule is CC1(C)CSC(=NCc2ccccc2)N1C(=O)CCC1CCCO1. The monoisotopic (exact) mass is 346 g/mol. The Bertz CT molecular complexity index is 595.